The number of rotatable bonds is 6. The maximum absolute atomic E-state index is 13.1. The predicted molar refractivity (Wildman–Crippen MR) is 133 cm³/mol. The number of carbonyl (C=O) groups is 1. The molecule has 0 atom stereocenters. The van der Waals surface area contributed by atoms with Gasteiger partial charge in [0.1, 0.15) is 0 Å². The molecule has 2 heterocycles. The quantitative estimate of drug-likeness (QED) is 0.550. The molecule has 2 saturated heterocycles. The standard InChI is InChI=1S/C25H30Cl2N2O3S/c26-23-7-6-22(24(27)17-23)18-33(31,32)29-14-10-21(11-15-29)25(30)28-12-8-20(9-13-28)16-19-4-2-1-3-5-19/h1-7,17,20-21H,8-16,18H2. The fraction of sp³-hybridized carbons (Fsp3) is 0.480. The van der Waals surface area contributed by atoms with Crippen molar-refractivity contribution < 1.29 is 13.2 Å². The average molecular weight is 509 g/mol. The van der Waals surface area contributed by atoms with Crippen molar-refractivity contribution in [2.24, 2.45) is 11.8 Å². The Labute approximate surface area is 206 Å². The number of hydrogen-bond acceptors (Lipinski definition) is 3. The minimum absolute atomic E-state index is 0.0961. The molecular weight excluding hydrogens is 479 g/mol. The third kappa shape index (κ3) is 6.30. The lowest BCUT2D eigenvalue weighted by molar-refractivity contribution is -0.138. The molecule has 2 aliphatic rings. The van der Waals surface area contributed by atoms with E-state index in [2.05, 4.69) is 24.3 Å². The number of sulfonamides is 1. The molecule has 5 nitrogen and oxygen atoms in total. The highest BCUT2D eigenvalue weighted by molar-refractivity contribution is 7.88. The monoisotopic (exact) mass is 508 g/mol. The number of benzene rings is 2. The van der Waals surface area contributed by atoms with Crippen LogP contribution in [0.3, 0.4) is 0 Å². The summed E-state index contributed by atoms with van der Waals surface area (Å²) in [6, 6.07) is 15.4. The highest BCUT2D eigenvalue weighted by Gasteiger charge is 2.34. The fourth-order valence-electron chi connectivity index (χ4n) is 4.87. The maximum atomic E-state index is 13.1. The molecule has 2 aromatic rings. The number of carbonyl (C=O) groups excluding carboxylic acids is 1. The molecule has 0 saturated carbocycles. The van der Waals surface area contributed by atoms with Crippen LogP contribution in [0.2, 0.25) is 10.0 Å². The molecular formula is C25H30Cl2N2O3S. The van der Waals surface area contributed by atoms with Gasteiger partial charge in [0.2, 0.25) is 15.9 Å². The number of halogens is 2. The van der Waals surface area contributed by atoms with Crippen molar-refractivity contribution in [3.63, 3.8) is 0 Å². The molecule has 4 rings (SSSR count). The lowest BCUT2D eigenvalue weighted by Gasteiger charge is -2.37. The van der Waals surface area contributed by atoms with Gasteiger partial charge in [0.15, 0.2) is 0 Å². The SMILES string of the molecule is O=C(C1CCN(S(=O)(=O)Cc2ccc(Cl)cc2Cl)CC1)N1CCC(Cc2ccccc2)CC1. The normalized spacial score (nSPS) is 19.0. The molecule has 2 aliphatic heterocycles. The molecule has 33 heavy (non-hydrogen) atoms. The zero-order valence-electron chi connectivity index (χ0n) is 18.6. The Kier molecular flexibility index (Phi) is 8.00. The average Bonchev–Trinajstić information content (AvgIpc) is 2.82. The number of nitrogens with zero attached hydrogens (tertiary/aromatic N) is 2. The van der Waals surface area contributed by atoms with Gasteiger partial charge in [0, 0.05) is 42.1 Å². The van der Waals surface area contributed by atoms with Crippen molar-refractivity contribution in [3.8, 4) is 0 Å². The molecule has 0 radical (unpaired) electrons. The van der Waals surface area contributed by atoms with Gasteiger partial charge < -0.3 is 4.90 Å². The lowest BCUT2D eigenvalue weighted by Crippen LogP contribution is -2.46. The molecule has 0 N–H and O–H groups in total. The van der Waals surface area contributed by atoms with Gasteiger partial charge in [-0.1, -0.05) is 59.6 Å². The Bertz CT molecular complexity index is 1060. The highest BCUT2D eigenvalue weighted by atomic mass is 35.5. The fourth-order valence-corrected chi connectivity index (χ4v) is 7.02. The Balaban J connectivity index is 1.26. The molecule has 0 aromatic heterocycles. The van der Waals surface area contributed by atoms with Crippen LogP contribution in [-0.4, -0.2) is 49.7 Å². The smallest absolute Gasteiger partial charge is 0.225 e. The molecule has 8 heteroatoms. The van der Waals surface area contributed by atoms with Crippen LogP contribution in [0, 0.1) is 11.8 Å². The minimum Gasteiger partial charge on any atom is -0.342 e. The van der Waals surface area contributed by atoms with E-state index in [4.69, 9.17) is 23.2 Å². The first-order chi connectivity index (χ1) is 15.8. The van der Waals surface area contributed by atoms with E-state index in [1.165, 1.54) is 9.87 Å². The summed E-state index contributed by atoms with van der Waals surface area (Å²) in [6.07, 6.45) is 4.24. The van der Waals surface area contributed by atoms with E-state index in [0.29, 0.717) is 47.5 Å². The van der Waals surface area contributed by atoms with Crippen molar-refractivity contribution >= 4 is 39.1 Å². The third-order valence-corrected chi connectivity index (χ3v) is 9.26. The van der Waals surface area contributed by atoms with Crippen LogP contribution in [0.5, 0.6) is 0 Å². The summed E-state index contributed by atoms with van der Waals surface area (Å²) in [7, 11) is -3.50. The Morgan fingerprint density at radius 1 is 0.909 bits per heavy atom. The van der Waals surface area contributed by atoms with E-state index in [0.717, 1.165) is 32.4 Å². The van der Waals surface area contributed by atoms with Crippen LogP contribution in [0.25, 0.3) is 0 Å². The van der Waals surface area contributed by atoms with E-state index >= 15 is 0 Å². The molecule has 0 bridgehead atoms. The number of piperidine rings is 2. The van der Waals surface area contributed by atoms with E-state index in [1.54, 1.807) is 18.2 Å². The summed E-state index contributed by atoms with van der Waals surface area (Å²) in [5.74, 6) is 0.548. The van der Waals surface area contributed by atoms with Crippen LogP contribution in [0.4, 0.5) is 0 Å². The van der Waals surface area contributed by atoms with E-state index in [9.17, 15) is 13.2 Å². The van der Waals surface area contributed by atoms with Gasteiger partial charge in [-0.2, -0.15) is 0 Å². The second-order valence-corrected chi connectivity index (χ2v) is 11.9. The first-order valence-corrected chi connectivity index (χ1v) is 13.9. The van der Waals surface area contributed by atoms with Crippen LogP contribution in [-0.2, 0) is 27.0 Å². The molecule has 178 valence electrons. The predicted octanol–water partition coefficient (Wildman–Crippen LogP) is 5.02. The summed E-state index contributed by atoms with van der Waals surface area (Å²) in [6.45, 7) is 2.33. The highest BCUT2D eigenvalue weighted by Crippen LogP contribution is 2.28. The van der Waals surface area contributed by atoms with Gasteiger partial charge in [0.25, 0.3) is 0 Å². The van der Waals surface area contributed by atoms with Crippen molar-refractivity contribution in [1.29, 1.82) is 0 Å². The van der Waals surface area contributed by atoms with Crippen molar-refractivity contribution in [2.75, 3.05) is 26.2 Å². The van der Waals surface area contributed by atoms with E-state index < -0.39 is 10.0 Å². The van der Waals surface area contributed by atoms with Crippen LogP contribution >= 0.6 is 23.2 Å². The zero-order valence-corrected chi connectivity index (χ0v) is 21.0. The topological polar surface area (TPSA) is 57.7 Å². The van der Waals surface area contributed by atoms with Crippen LogP contribution in [0.1, 0.15) is 36.8 Å². The first kappa shape index (κ1) is 24.5. The lowest BCUT2D eigenvalue weighted by atomic mass is 9.89. The van der Waals surface area contributed by atoms with E-state index in [-0.39, 0.29) is 17.6 Å². The maximum Gasteiger partial charge on any atom is 0.225 e. The van der Waals surface area contributed by atoms with Crippen molar-refractivity contribution in [2.45, 2.75) is 37.9 Å². The third-order valence-electron chi connectivity index (χ3n) is 6.84. The minimum atomic E-state index is -3.50. The van der Waals surface area contributed by atoms with Crippen LogP contribution in [0.15, 0.2) is 48.5 Å². The number of amides is 1. The summed E-state index contributed by atoms with van der Waals surface area (Å²) < 4.78 is 27.3. The van der Waals surface area contributed by atoms with Gasteiger partial charge in [-0.15, -0.1) is 0 Å². The second-order valence-electron chi connectivity index (χ2n) is 9.12. The van der Waals surface area contributed by atoms with E-state index in [1.807, 2.05) is 11.0 Å². The second kappa shape index (κ2) is 10.8. The van der Waals surface area contributed by atoms with Crippen molar-refractivity contribution in [3.05, 3.63) is 69.7 Å². The molecule has 2 aromatic carbocycles. The summed E-state index contributed by atoms with van der Waals surface area (Å²) in [4.78, 5) is 15.1. The number of likely N-dealkylation sites (tertiary alicyclic amines) is 1. The molecule has 0 unspecified atom stereocenters. The summed E-state index contributed by atoms with van der Waals surface area (Å²) in [5, 5.41) is 0.830. The summed E-state index contributed by atoms with van der Waals surface area (Å²) in [5.41, 5.74) is 1.90. The first-order valence-electron chi connectivity index (χ1n) is 11.6. The Morgan fingerprint density at radius 3 is 2.21 bits per heavy atom. The van der Waals surface area contributed by atoms with Gasteiger partial charge in [-0.25, -0.2) is 12.7 Å². The molecule has 2 fully saturated rings. The Hall–Kier alpha value is -1.60. The van der Waals surface area contributed by atoms with Gasteiger partial charge in [0.05, 0.1) is 5.75 Å². The van der Waals surface area contributed by atoms with Crippen LogP contribution < -0.4 is 0 Å². The number of hydrogen-bond donors (Lipinski definition) is 0. The molecule has 0 spiro atoms. The van der Waals surface area contributed by atoms with Gasteiger partial charge >= 0.3 is 0 Å². The van der Waals surface area contributed by atoms with Gasteiger partial charge in [-0.05, 0) is 61.3 Å². The largest absolute Gasteiger partial charge is 0.342 e. The molecule has 0 aliphatic carbocycles. The molecule has 1 amide bonds. The zero-order chi connectivity index (χ0) is 23.4. The summed E-state index contributed by atoms with van der Waals surface area (Å²) >= 11 is 12.1. The van der Waals surface area contributed by atoms with Gasteiger partial charge in [-0.3, -0.25) is 4.79 Å². The van der Waals surface area contributed by atoms with Crippen molar-refractivity contribution in [1.82, 2.24) is 9.21 Å². The Morgan fingerprint density at radius 2 is 1.58 bits per heavy atom.